The Labute approximate surface area is 225 Å². The average Bonchev–Trinajstić information content (AvgIpc) is 3.80. The molecular weight excluding hydrogens is 470 g/mol. The maximum Gasteiger partial charge on any atom is 0.123 e. The van der Waals surface area contributed by atoms with Crippen LogP contribution in [0.25, 0.3) is 11.3 Å². The Hall–Kier alpha value is -2.48. The molecule has 4 fully saturated rings. The lowest BCUT2D eigenvalue weighted by atomic mass is 9.73. The van der Waals surface area contributed by atoms with Crippen molar-refractivity contribution in [1.82, 2.24) is 35.5 Å². The van der Waals surface area contributed by atoms with E-state index in [9.17, 15) is 0 Å². The van der Waals surface area contributed by atoms with E-state index in [0.717, 1.165) is 24.7 Å². The van der Waals surface area contributed by atoms with Gasteiger partial charge in [0.15, 0.2) is 0 Å². The number of aromatic nitrogens is 4. The Balaban J connectivity index is 1.05. The Bertz CT molecular complexity index is 1300. The number of aromatic amines is 2. The van der Waals surface area contributed by atoms with Gasteiger partial charge in [-0.3, -0.25) is 4.90 Å². The van der Waals surface area contributed by atoms with E-state index in [0.29, 0.717) is 36.0 Å². The summed E-state index contributed by atoms with van der Waals surface area (Å²) in [5.74, 6) is 3.54. The molecule has 8 rings (SSSR count). The van der Waals surface area contributed by atoms with Crippen LogP contribution in [-0.2, 0) is 0 Å². The van der Waals surface area contributed by atoms with Crippen molar-refractivity contribution in [3.63, 3.8) is 0 Å². The van der Waals surface area contributed by atoms with Crippen LogP contribution in [0, 0.1) is 0 Å². The number of benzene rings is 1. The predicted octanol–water partition coefficient (Wildman–Crippen LogP) is 5.91. The number of hydrogen-bond donors (Lipinski definition) is 4. The molecule has 3 aromatic rings. The number of H-pyrrole nitrogens is 2. The second kappa shape index (κ2) is 9.32. The number of nitrogens with zero attached hydrogens (tertiary/aromatic N) is 3. The highest BCUT2D eigenvalue weighted by Gasteiger charge is 2.45. The number of fused-ring (bicyclic) bond motifs is 5. The van der Waals surface area contributed by atoms with Gasteiger partial charge in [0.1, 0.15) is 11.6 Å². The molecule has 1 saturated carbocycles. The lowest BCUT2D eigenvalue weighted by Gasteiger charge is -2.31. The normalized spacial score (nSPS) is 32.9. The molecule has 2 bridgehead atoms. The van der Waals surface area contributed by atoms with Gasteiger partial charge in [0.05, 0.1) is 24.0 Å². The largest absolute Gasteiger partial charge is 0.344 e. The van der Waals surface area contributed by atoms with Crippen LogP contribution in [0.3, 0.4) is 0 Å². The minimum Gasteiger partial charge on any atom is -0.344 e. The zero-order valence-electron chi connectivity index (χ0n) is 22.6. The van der Waals surface area contributed by atoms with Crippen molar-refractivity contribution in [2.45, 2.75) is 100 Å². The molecule has 200 valence electrons. The SMILES string of the molecule is CN1C2CCC1c1c(C3CCC(c4cnc(C5CCCN5)[nH]4)CC3)ccc(-c3cnc(C4CCCN4)[nH]3)c12. The molecule has 7 nitrogen and oxygen atoms in total. The minimum atomic E-state index is 0.380. The van der Waals surface area contributed by atoms with Crippen LogP contribution in [0.2, 0.25) is 0 Å². The molecule has 38 heavy (non-hydrogen) atoms. The van der Waals surface area contributed by atoms with E-state index in [1.54, 1.807) is 16.7 Å². The van der Waals surface area contributed by atoms with Crippen molar-refractivity contribution in [3.8, 4) is 11.3 Å². The first kappa shape index (κ1) is 23.4. The van der Waals surface area contributed by atoms with Crippen LogP contribution in [-0.4, -0.2) is 45.0 Å². The lowest BCUT2D eigenvalue weighted by molar-refractivity contribution is 0.279. The minimum absolute atomic E-state index is 0.380. The first-order valence-corrected chi connectivity index (χ1v) is 15.2. The highest BCUT2D eigenvalue weighted by Crippen LogP contribution is 2.57. The molecule has 1 aromatic carbocycles. The number of imidazole rings is 2. The molecular formula is C31H41N7. The molecule has 1 aliphatic carbocycles. The van der Waals surface area contributed by atoms with Crippen LogP contribution in [0.15, 0.2) is 24.5 Å². The quantitative estimate of drug-likeness (QED) is 0.342. The molecule has 4 aliphatic heterocycles. The molecule has 3 saturated heterocycles. The van der Waals surface area contributed by atoms with Gasteiger partial charge in [-0.15, -0.1) is 0 Å². The standard InChI is InChI=1S/C31H41N7/c1-38-26-12-13-27(38)29-21(25-17-35-31(37-25)23-5-3-15-33-23)11-10-20(28(26)29)18-6-8-19(9-7-18)24-16-34-30(36-24)22-4-2-14-32-22/h10-11,16-19,22-23,26-27,32-33H,2-9,12-15H2,1H3,(H,34,36)(H,35,37). The third kappa shape index (κ3) is 3.73. The third-order valence-electron chi connectivity index (χ3n) is 10.6. The molecule has 6 heterocycles. The highest BCUT2D eigenvalue weighted by molar-refractivity contribution is 5.70. The molecule has 4 N–H and O–H groups in total. The number of nitrogens with one attached hydrogen (secondary N) is 4. The summed E-state index contributed by atoms with van der Waals surface area (Å²) in [6.07, 6.45) is 16.7. The molecule has 7 heteroatoms. The Morgan fingerprint density at radius 3 is 2.08 bits per heavy atom. The summed E-state index contributed by atoms with van der Waals surface area (Å²) in [5, 5.41) is 7.18. The average molecular weight is 512 g/mol. The van der Waals surface area contributed by atoms with Crippen molar-refractivity contribution < 1.29 is 0 Å². The van der Waals surface area contributed by atoms with Crippen molar-refractivity contribution in [1.29, 1.82) is 0 Å². The second-order valence-electron chi connectivity index (χ2n) is 12.6. The van der Waals surface area contributed by atoms with Crippen LogP contribution in [0.5, 0.6) is 0 Å². The number of rotatable bonds is 5. The number of hydrogen-bond acceptors (Lipinski definition) is 5. The topological polar surface area (TPSA) is 84.7 Å². The van der Waals surface area contributed by atoms with Gasteiger partial charge in [0, 0.05) is 35.5 Å². The molecule has 4 unspecified atom stereocenters. The summed E-state index contributed by atoms with van der Waals surface area (Å²) in [6, 6.07) is 6.84. The smallest absolute Gasteiger partial charge is 0.123 e. The van der Waals surface area contributed by atoms with E-state index in [2.05, 4.69) is 57.1 Å². The van der Waals surface area contributed by atoms with Gasteiger partial charge >= 0.3 is 0 Å². The van der Waals surface area contributed by atoms with E-state index in [1.165, 1.54) is 81.2 Å². The predicted molar refractivity (Wildman–Crippen MR) is 149 cm³/mol. The van der Waals surface area contributed by atoms with Crippen molar-refractivity contribution in [2.75, 3.05) is 20.1 Å². The van der Waals surface area contributed by atoms with Crippen molar-refractivity contribution >= 4 is 0 Å². The van der Waals surface area contributed by atoms with E-state index in [1.807, 2.05) is 0 Å². The molecule has 0 radical (unpaired) electrons. The van der Waals surface area contributed by atoms with Crippen LogP contribution in [0.4, 0.5) is 0 Å². The van der Waals surface area contributed by atoms with E-state index in [-0.39, 0.29) is 0 Å². The molecule has 5 aliphatic rings. The van der Waals surface area contributed by atoms with Crippen LogP contribution < -0.4 is 10.6 Å². The van der Waals surface area contributed by atoms with Crippen molar-refractivity contribution in [2.24, 2.45) is 0 Å². The van der Waals surface area contributed by atoms with Gasteiger partial charge in [0.25, 0.3) is 0 Å². The van der Waals surface area contributed by atoms with Crippen LogP contribution >= 0.6 is 0 Å². The van der Waals surface area contributed by atoms with Gasteiger partial charge < -0.3 is 20.6 Å². The highest BCUT2D eigenvalue weighted by atomic mass is 15.2. The van der Waals surface area contributed by atoms with Gasteiger partial charge in [-0.1, -0.05) is 12.1 Å². The fraction of sp³-hybridized carbons (Fsp3) is 0.613. The maximum atomic E-state index is 4.81. The van der Waals surface area contributed by atoms with Gasteiger partial charge in [0.2, 0.25) is 0 Å². The Kier molecular flexibility index (Phi) is 5.74. The summed E-state index contributed by atoms with van der Waals surface area (Å²) in [4.78, 5) is 19.6. The maximum absolute atomic E-state index is 4.81. The molecule has 4 atom stereocenters. The zero-order chi connectivity index (χ0) is 25.2. The van der Waals surface area contributed by atoms with Gasteiger partial charge in [-0.2, -0.15) is 0 Å². The van der Waals surface area contributed by atoms with Gasteiger partial charge in [-0.25, -0.2) is 9.97 Å². The summed E-state index contributed by atoms with van der Waals surface area (Å²) in [5.41, 5.74) is 8.85. The van der Waals surface area contributed by atoms with E-state index in [4.69, 9.17) is 9.97 Å². The summed E-state index contributed by atoms with van der Waals surface area (Å²) < 4.78 is 0. The van der Waals surface area contributed by atoms with Crippen molar-refractivity contribution in [3.05, 3.63) is 58.6 Å². The van der Waals surface area contributed by atoms with E-state index < -0.39 is 0 Å². The molecule has 0 amide bonds. The zero-order valence-corrected chi connectivity index (χ0v) is 22.6. The molecule has 2 aromatic heterocycles. The molecule has 0 spiro atoms. The fourth-order valence-electron chi connectivity index (χ4n) is 8.55. The third-order valence-corrected chi connectivity index (χ3v) is 10.6. The second-order valence-corrected chi connectivity index (χ2v) is 12.6. The van der Waals surface area contributed by atoms with Crippen LogP contribution in [0.1, 0.15) is 134 Å². The summed E-state index contributed by atoms with van der Waals surface area (Å²) in [7, 11) is 2.35. The Morgan fingerprint density at radius 2 is 1.37 bits per heavy atom. The first-order chi connectivity index (χ1) is 18.7. The summed E-state index contributed by atoms with van der Waals surface area (Å²) in [6.45, 7) is 2.21. The first-order valence-electron chi connectivity index (χ1n) is 15.2. The van der Waals surface area contributed by atoms with Gasteiger partial charge in [-0.05, 0) is 107 Å². The Morgan fingerprint density at radius 1 is 0.711 bits per heavy atom. The van der Waals surface area contributed by atoms with E-state index >= 15 is 0 Å². The lowest BCUT2D eigenvalue weighted by Crippen LogP contribution is -2.17. The summed E-state index contributed by atoms with van der Waals surface area (Å²) >= 11 is 0. The monoisotopic (exact) mass is 511 g/mol. The fourth-order valence-corrected chi connectivity index (χ4v) is 8.55.